The summed E-state index contributed by atoms with van der Waals surface area (Å²) in [5, 5.41) is 16.1. The molecule has 198 valence electrons. The first kappa shape index (κ1) is 26.1. The van der Waals surface area contributed by atoms with Crippen LogP contribution in [-0.4, -0.2) is 38.5 Å². The van der Waals surface area contributed by atoms with Gasteiger partial charge >= 0.3 is 5.97 Å². The maximum absolute atomic E-state index is 12.9. The van der Waals surface area contributed by atoms with Gasteiger partial charge in [0.15, 0.2) is 5.11 Å². The van der Waals surface area contributed by atoms with Crippen LogP contribution in [-0.2, 0) is 11.2 Å². The van der Waals surface area contributed by atoms with E-state index in [0.717, 1.165) is 28.9 Å². The summed E-state index contributed by atoms with van der Waals surface area (Å²) >= 11 is 5.71. The largest absolute Gasteiger partial charge is 0.478 e. The van der Waals surface area contributed by atoms with Crippen molar-refractivity contribution >= 4 is 34.9 Å². The van der Waals surface area contributed by atoms with Gasteiger partial charge in [0.2, 0.25) is 5.91 Å². The summed E-state index contributed by atoms with van der Waals surface area (Å²) in [6.45, 7) is 2.43. The number of amides is 1. The number of carboxylic acids is 1. The van der Waals surface area contributed by atoms with Gasteiger partial charge in [0, 0.05) is 30.4 Å². The zero-order chi connectivity index (χ0) is 27.4. The number of nitrogens with one attached hydrogen (secondary N) is 2. The summed E-state index contributed by atoms with van der Waals surface area (Å²) in [6, 6.07) is 23.1. The number of aromatic nitrogens is 1. The number of benzene rings is 2. The molecule has 3 heterocycles. The normalized spacial score (nSPS) is 16.6. The van der Waals surface area contributed by atoms with Gasteiger partial charge in [-0.15, -0.1) is 0 Å². The number of furan rings is 1. The number of carbonyl (C=O) groups excluding carboxylic acids is 1. The number of rotatable bonds is 9. The zero-order valence-corrected chi connectivity index (χ0v) is 22.2. The van der Waals surface area contributed by atoms with Crippen LogP contribution in [0.15, 0.2) is 89.5 Å². The number of carboxylic acid groups (broad SMARTS) is 1. The molecule has 8 nitrogen and oxygen atoms in total. The quantitative estimate of drug-likeness (QED) is 0.235. The molecule has 39 heavy (non-hydrogen) atoms. The fourth-order valence-corrected chi connectivity index (χ4v) is 5.12. The number of aryl methyl sites for hydroxylation is 1. The second kappa shape index (κ2) is 11.5. The van der Waals surface area contributed by atoms with Crippen LogP contribution in [0.2, 0.25) is 0 Å². The zero-order valence-electron chi connectivity index (χ0n) is 21.3. The number of anilines is 1. The highest BCUT2D eigenvalue weighted by Gasteiger charge is 2.41. The van der Waals surface area contributed by atoms with E-state index in [1.54, 1.807) is 30.5 Å². The molecule has 9 heteroatoms. The molecule has 1 aliphatic heterocycles. The average molecular weight is 541 g/mol. The second-order valence-corrected chi connectivity index (χ2v) is 9.60. The number of nitrogens with zero attached hydrogens (tertiary/aromatic N) is 2. The third-order valence-corrected chi connectivity index (χ3v) is 7.14. The number of hydrogen-bond acceptors (Lipinski definition) is 5. The molecular formula is C30H28N4O4S. The molecule has 0 aliphatic carbocycles. The van der Waals surface area contributed by atoms with Crippen molar-refractivity contribution < 1.29 is 19.1 Å². The minimum atomic E-state index is -0.983. The summed E-state index contributed by atoms with van der Waals surface area (Å²) in [7, 11) is 0. The Kier molecular flexibility index (Phi) is 7.69. The molecule has 0 bridgehead atoms. The molecule has 0 spiro atoms. The Morgan fingerprint density at radius 2 is 1.82 bits per heavy atom. The monoisotopic (exact) mass is 540 g/mol. The van der Waals surface area contributed by atoms with Crippen LogP contribution in [0.5, 0.6) is 0 Å². The number of aromatic carboxylic acids is 1. The fraction of sp³-hybridized carbons (Fsp3) is 0.200. The van der Waals surface area contributed by atoms with Crippen LogP contribution in [0.25, 0.3) is 11.3 Å². The van der Waals surface area contributed by atoms with Crippen molar-refractivity contribution in [3.05, 3.63) is 108 Å². The van der Waals surface area contributed by atoms with Crippen molar-refractivity contribution in [3.63, 3.8) is 0 Å². The van der Waals surface area contributed by atoms with E-state index in [-0.39, 0.29) is 30.0 Å². The fourth-order valence-electron chi connectivity index (χ4n) is 4.78. The minimum Gasteiger partial charge on any atom is -0.478 e. The van der Waals surface area contributed by atoms with Crippen molar-refractivity contribution in [1.29, 1.82) is 0 Å². The van der Waals surface area contributed by atoms with Crippen LogP contribution in [0.4, 0.5) is 5.69 Å². The predicted octanol–water partition coefficient (Wildman–Crippen LogP) is 5.60. The van der Waals surface area contributed by atoms with E-state index in [2.05, 4.69) is 22.5 Å². The summed E-state index contributed by atoms with van der Waals surface area (Å²) in [6.07, 6.45) is 2.79. The summed E-state index contributed by atoms with van der Waals surface area (Å²) < 4.78 is 6.30. The molecule has 3 N–H and O–H groups in total. The molecule has 2 aromatic heterocycles. The predicted molar refractivity (Wildman–Crippen MR) is 152 cm³/mol. The van der Waals surface area contributed by atoms with Gasteiger partial charge in [-0.3, -0.25) is 9.78 Å². The highest BCUT2D eigenvalue weighted by Crippen LogP contribution is 2.40. The van der Waals surface area contributed by atoms with Crippen LogP contribution in [0, 0.1) is 0 Å². The second-order valence-electron chi connectivity index (χ2n) is 9.21. The summed E-state index contributed by atoms with van der Waals surface area (Å²) in [5.74, 6) is 0.182. The molecule has 0 unspecified atom stereocenters. The lowest BCUT2D eigenvalue weighted by Gasteiger charge is -2.26. The maximum Gasteiger partial charge on any atom is 0.335 e. The molecule has 1 saturated heterocycles. The van der Waals surface area contributed by atoms with E-state index in [1.807, 2.05) is 59.5 Å². The van der Waals surface area contributed by atoms with Gasteiger partial charge in [-0.1, -0.05) is 43.3 Å². The van der Waals surface area contributed by atoms with Gasteiger partial charge in [0.1, 0.15) is 17.6 Å². The number of para-hydroxylation sites is 1. The molecule has 5 rings (SSSR count). The van der Waals surface area contributed by atoms with Gasteiger partial charge in [-0.2, -0.15) is 0 Å². The lowest BCUT2D eigenvalue weighted by molar-refractivity contribution is -0.116. The van der Waals surface area contributed by atoms with Crippen LogP contribution < -0.4 is 10.6 Å². The molecule has 1 fully saturated rings. The number of carbonyl (C=O) groups is 2. The van der Waals surface area contributed by atoms with E-state index in [1.165, 1.54) is 0 Å². The van der Waals surface area contributed by atoms with Crippen molar-refractivity contribution in [1.82, 2.24) is 15.2 Å². The van der Waals surface area contributed by atoms with Crippen molar-refractivity contribution in [3.8, 4) is 11.3 Å². The van der Waals surface area contributed by atoms with Gasteiger partial charge in [0.25, 0.3) is 0 Å². The average Bonchev–Trinajstić information content (AvgIpc) is 3.57. The summed E-state index contributed by atoms with van der Waals surface area (Å²) in [5.41, 5.74) is 3.67. The van der Waals surface area contributed by atoms with Crippen LogP contribution in [0.3, 0.4) is 0 Å². The topological polar surface area (TPSA) is 108 Å². The molecule has 0 saturated carbocycles. The third kappa shape index (κ3) is 5.68. The Labute approximate surface area is 231 Å². The third-order valence-electron chi connectivity index (χ3n) is 6.78. The molecular weight excluding hydrogens is 512 g/mol. The van der Waals surface area contributed by atoms with Crippen molar-refractivity contribution in [2.24, 2.45) is 0 Å². The molecule has 4 aromatic rings. The highest BCUT2D eigenvalue weighted by atomic mass is 32.1. The SMILES string of the molecule is CCc1ccccc1NC(=O)CCN1C(=S)N[C@@H](c2ccccn2)[C@@H]1c1ccc(-c2ccc(C(=O)O)cc2)o1. The number of pyridine rings is 1. The Morgan fingerprint density at radius 3 is 2.54 bits per heavy atom. The highest BCUT2D eigenvalue weighted by molar-refractivity contribution is 7.80. The first-order valence-electron chi connectivity index (χ1n) is 12.7. The summed E-state index contributed by atoms with van der Waals surface area (Å²) in [4.78, 5) is 30.7. The molecule has 1 aliphatic rings. The van der Waals surface area contributed by atoms with E-state index in [9.17, 15) is 14.7 Å². The van der Waals surface area contributed by atoms with E-state index in [0.29, 0.717) is 23.2 Å². The number of hydrogen-bond donors (Lipinski definition) is 3. The van der Waals surface area contributed by atoms with Crippen molar-refractivity contribution in [2.45, 2.75) is 31.8 Å². The molecule has 0 radical (unpaired) electrons. The lowest BCUT2D eigenvalue weighted by atomic mass is 10.0. The van der Waals surface area contributed by atoms with Crippen LogP contribution >= 0.6 is 12.2 Å². The smallest absolute Gasteiger partial charge is 0.335 e. The standard InChI is InChI=1S/C30H28N4O4S/c1-2-19-7-3-4-8-22(19)32-26(35)16-18-34-28(27(33-30(34)39)23-9-5-6-17-31-23)25-15-14-24(38-25)20-10-12-21(13-11-20)29(36)37/h3-15,17,27-28H,2,16,18H2,1H3,(H,32,35)(H,33,39)(H,36,37)/t27-,28-/m0/s1. The van der Waals surface area contributed by atoms with E-state index in [4.69, 9.17) is 16.6 Å². The Morgan fingerprint density at radius 1 is 1.05 bits per heavy atom. The lowest BCUT2D eigenvalue weighted by Crippen LogP contribution is -2.32. The molecule has 2 atom stereocenters. The van der Waals surface area contributed by atoms with Gasteiger partial charge < -0.3 is 25.1 Å². The molecule has 1 amide bonds. The van der Waals surface area contributed by atoms with E-state index >= 15 is 0 Å². The first-order chi connectivity index (χ1) is 18.9. The van der Waals surface area contributed by atoms with Gasteiger partial charge in [-0.05, 0) is 66.7 Å². The minimum absolute atomic E-state index is 0.0996. The van der Waals surface area contributed by atoms with E-state index < -0.39 is 5.97 Å². The maximum atomic E-state index is 12.9. The van der Waals surface area contributed by atoms with Crippen molar-refractivity contribution in [2.75, 3.05) is 11.9 Å². The van der Waals surface area contributed by atoms with Gasteiger partial charge in [-0.25, -0.2) is 4.79 Å². The molecule has 2 aromatic carbocycles. The Balaban J connectivity index is 1.39. The van der Waals surface area contributed by atoms with Crippen LogP contribution in [0.1, 0.15) is 52.8 Å². The Bertz CT molecular complexity index is 1490. The first-order valence-corrected chi connectivity index (χ1v) is 13.1. The Hall–Kier alpha value is -4.50. The van der Waals surface area contributed by atoms with Gasteiger partial charge in [0.05, 0.1) is 17.3 Å². The number of thiocarbonyl (C=S) groups is 1.